The fourth-order valence-electron chi connectivity index (χ4n) is 2.81. The second-order valence-electron chi connectivity index (χ2n) is 5.40. The highest BCUT2D eigenvalue weighted by Gasteiger charge is 2.21. The second-order valence-corrected chi connectivity index (χ2v) is 5.40. The molecule has 4 heteroatoms. The van der Waals surface area contributed by atoms with Crippen molar-refractivity contribution in [2.45, 2.75) is 13.0 Å². The minimum atomic E-state index is -0.485. The number of piperazine rings is 1. The van der Waals surface area contributed by atoms with Crippen molar-refractivity contribution in [3.63, 3.8) is 0 Å². The van der Waals surface area contributed by atoms with Gasteiger partial charge in [0.1, 0.15) is 5.82 Å². The van der Waals surface area contributed by atoms with Crippen LogP contribution in [0.4, 0.5) is 11.5 Å². The molecule has 0 spiro atoms. The standard InChI is InChI=1S/C17H21N3O/c1-14(21)16-8-5-9-18-17(16)20-12-10-19(11-13-20)15-6-3-2-4-7-15/h2-9,14,21H,10-13H2,1H3/t14-/m1/s1. The van der Waals surface area contributed by atoms with Gasteiger partial charge in [-0.05, 0) is 25.1 Å². The van der Waals surface area contributed by atoms with E-state index in [0.29, 0.717) is 0 Å². The topological polar surface area (TPSA) is 39.6 Å². The molecule has 3 rings (SSSR count). The van der Waals surface area contributed by atoms with E-state index < -0.39 is 6.10 Å². The number of hydrogen-bond acceptors (Lipinski definition) is 4. The molecule has 1 atom stereocenters. The van der Waals surface area contributed by atoms with Crippen LogP contribution in [0.5, 0.6) is 0 Å². The van der Waals surface area contributed by atoms with Crippen molar-refractivity contribution in [2.24, 2.45) is 0 Å². The van der Waals surface area contributed by atoms with E-state index in [1.807, 2.05) is 18.2 Å². The summed E-state index contributed by atoms with van der Waals surface area (Å²) in [6.45, 7) is 5.58. The van der Waals surface area contributed by atoms with Gasteiger partial charge in [0.2, 0.25) is 0 Å². The molecule has 1 fully saturated rings. The minimum absolute atomic E-state index is 0.485. The number of aliphatic hydroxyl groups is 1. The molecule has 2 aromatic rings. The molecule has 1 aromatic carbocycles. The number of aliphatic hydroxyl groups excluding tert-OH is 1. The summed E-state index contributed by atoms with van der Waals surface area (Å²) in [5, 5.41) is 9.89. The third-order valence-electron chi connectivity index (χ3n) is 3.97. The van der Waals surface area contributed by atoms with Crippen molar-refractivity contribution < 1.29 is 5.11 Å². The average Bonchev–Trinajstić information content (AvgIpc) is 2.56. The molecule has 1 N–H and O–H groups in total. The summed E-state index contributed by atoms with van der Waals surface area (Å²) in [5.74, 6) is 0.917. The first-order valence-electron chi connectivity index (χ1n) is 7.43. The Labute approximate surface area is 125 Å². The van der Waals surface area contributed by atoms with Gasteiger partial charge in [0.15, 0.2) is 0 Å². The monoisotopic (exact) mass is 283 g/mol. The largest absolute Gasteiger partial charge is 0.389 e. The molecule has 0 unspecified atom stereocenters. The molecule has 4 nitrogen and oxygen atoms in total. The number of anilines is 2. The van der Waals surface area contributed by atoms with E-state index in [-0.39, 0.29) is 0 Å². The van der Waals surface area contributed by atoms with Gasteiger partial charge >= 0.3 is 0 Å². The maximum Gasteiger partial charge on any atom is 0.134 e. The van der Waals surface area contributed by atoms with E-state index >= 15 is 0 Å². The molecule has 21 heavy (non-hydrogen) atoms. The normalized spacial score (nSPS) is 16.9. The number of rotatable bonds is 3. The van der Waals surface area contributed by atoms with Crippen LogP contribution in [-0.2, 0) is 0 Å². The predicted molar refractivity (Wildman–Crippen MR) is 85.7 cm³/mol. The molecule has 2 heterocycles. The Hall–Kier alpha value is -2.07. The van der Waals surface area contributed by atoms with Crippen LogP contribution >= 0.6 is 0 Å². The summed E-state index contributed by atoms with van der Waals surface area (Å²) in [6, 6.07) is 14.3. The van der Waals surface area contributed by atoms with Crippen molar-refractivity contribution in [3.8, 4) is 0 Å². The van der Waals surface area contributed by atoms with Crippen LogP contribution in [0, 0.1) is 0 Å². The minimum Gasteiger partial charge on any atom is -0.389 e. The van der Waals surface area contributed by atoms with Gasteiger partial charge < -0.3 is 14.9 Å². The summed E-state index contributed by atoms with van der Waals surface area (Å²) in [7, 11) is 0. The lowest BCUT2D eigenvalue weighted by atomic mass is 10.1. The zero-order chi connectivity index (χ0) is 14.7. The van der Waals surface area contributed by atoms with Gasteiger partial charge in [0.25, 0.3) is 0 Å². The summed E-state index contributed by atoms with van der Waals surface area (Å²) < 4.78 is 0. The van der Waals surface area contributed by atoms with Crippen molar-refractivity contribution in [2.75, 3.05) is 36.0 Å². The van der Waals surface area contributed by atoms with Crippen molar-refractivity contribution in [1.29, 1.82) is 0 Å². The lowest BCUT2D eigenvalue weighted by Crippen LogP contribution is -2.47. The molecule has 0 amide bonds. The fraction of sp³-hybridized carbons (Fsp3) is 0.353. The summed E-state index contributed by atoms with van der Waals surface area (Å²) >= 11 is 0. The Bertz CT molecular complexity index is 578. The van der Waals surface area contributed by atoms with Crippen molar-refractivity contribution in [1.82, 2.24) is 4.98 Å². The molecule has 0 bridgehead atoms. The molecule has 110 valence electrons. The first kappa shape index (κ1) is 13.9. The number of nitrogens with zero attached hydrogens (tertiary/aromatic N) is 3. The van der Waals surface area contributed by atoms with Gasteiger partial charge in [0.05, 0.1) is 6.10 Å². The lowest BCUT2D eigenvalue weighted by molar-refractivity contribution is 0.199. The average molecular weight is 283 g/mol. The van der Waals surface area contributed by atoms with Gasteiger partial charge in [-0.1, -0.05) is 24.3 Å². The maximum atomic E-state index is 9.89. The highest BCUT2D eigenvalue weighted by atomic mass is 16.3. The van der Waals surface area contributed by atoms with Gasteiger partial charge in [-0.3, -0.25) is 0 Å². The molecule has 0 saturated carbocycles. The first-order valence-corrected chi connectivity index (χ1v) is 7.43. The zero-order valence-electron chi connectivity index (χ0n) is 12.3. The van der Waals surface area contributed by atoms with Gasteiger partial charge in [-0.25, -0.2) is 4.98 Å². The third-order valence-corrected chi connectivity index (χ3v) is 3.97. The Morgan fingerprint density at radius 3 is 2.29 bits per heavy atom. The molecule has 0 radical (unpaired) electrons. The Balaban J connectivity index is 1.72. The van der Waals surface area contributed by atoms with Crippen LogP contribution in [0.2, 0.25) is 0 Å². The number of pyridine rings is 1. The van der Waals surface area contributed by atoms with Crippen LogP contribution in [0.3, 0.4) is 0 Å². The molecular weight excluding hydrogens is 262 g/mol. The molecular formula is C17H21N3O. The third kappa shape index (κ3) is 3.00. The summed E-state index contributed by atoms with van der Waals surface area (Å²) in [6.07, 6.45) is 1.31. The summed E-state index contributed by atoms with van der Waals surface area (Å²) in [4.78, 5) is 9.12. The highest BCUT2D eigenvalue weighted by Crippen LogP contribution is 2.25. The van der Waals surface area contributed by atoms with Crippen LogP contribution in [-0.4, -0.2) is 36.3 Å². The van der Waals surface area contributed by atoms with E-state index in [4.69, 9.17) is 0 Å². The van der Waals surface area contributed by atoms with E-state index in [1.54, 1.807) is 13.1 Å². The number of aromatic nitrogens is 1. The van der Waals surface area contributed by atoms with E-state index in [9.17, 15) is 5.11 Å². The lowest BCUT2D eigenvalue weighted by Gasteiger charge is -2.37. The zero-order valence-corrected chi connectivity index (χ0v) is 12.3. The maximum absolute atomic E-state index is 9.89. The predicted octanol–water partition coefficient (Wildman–Crippen LogP) is 2.46. The van der Waals surface area contributed by atoms with E-state index in [2.05, 4.69) is 39.0 Å². The Morgan fingerprint density at radius 1 is 0.952 bits per heavy atom. The molecule has 1 saturated heterocycles. The fourth-order valence-corrected chi connectivity index (χ4v) is 2.81. The molecule has 1 aromatic heterocycles. The van der Waals surface area contributed by atoms with Crippen LogP contribution in [0.15, 0.2) is 48.7 Å². The van der Waals surface area contributed by atoms with Gasteiger partial charge in [-0.2, -0.15) is 0 Å². The van der Waals surface area contributed by atoms with Crippen LogP contribution < -0.4 is 9.80 Å². The van der Waals surface area contributed by atoms with Gasteiger partial charge in [0, 0.05) is 43.6 Å². The highest BCUT2D eigenvalue weighted by molar-refractivity contribution is 5.52. The SMILES string of the molecule is C[C@@H](O)c1cccnc1N1CCN(c2ccccc2)CC1. The second kappa shape index (κ2) is 6.14. The quantitative estimate of drug-likeness (QED) is 0.939. The Morgan fingerprint density at radius 2 is 1.62 bits per heavy atom. The van der Waals surface area contributed by atoms with E-state index in [0.717, 1.165) is 37.6 Å². The number of hydrogen-bond donors (Lipinski definition) is 1. The van der Waals surface area contributed by atoms with Crippen LogP contribution in [0.25, 0.3) is 0 Å². The van der Waals surface area contributed by atoms with E-state index in [1.165, 1.54) is 5.69 Å². The first-order chi connectivity index (χ1) is 10.3. The smallest absolute Gasteiger partial charge is 0.134 e. The summed E-state index contributed by atoms with van der Waals surface area (Å²) in [5.41, 5.74) is 2.18. The Kier molecular flexibility index (Phi) is 4.06. The van der Waals surface area contributed by atoms with Crippen molar-refractivity contribution in [3.05, 3.63) is 54.2 Å². The van der Waals surface area contributed by atoms with Gasteiger partial charge in [-0.15, -0.1) is 0 Å². The number of para-hydroxylation sites is 1. The molecule has 1 aliphatic rings. The van der Waals surface area contributed by atoms with Crippen LogP contribution in [0.1, 0.15) is 18.6 Å². The molecule has 0 aliphatic carbocycles. The molecule has 1 aliphatic heterocycles. The number of benzene rings is 1. The van der Waals surface area contributed by atoms with Crippen molar-refractivity contribution >= 4 is 11.5 Å².